The van der Waals surface area contributed by atoms with Gasteiger partial charge in [0.2, 0.25) is 0 Å². The minimum atomic E-state index is -4.66. The molecule has 2 atom stereocenters. The van der Waals surface area contributed by atoms with E-state index < -0.39 is 41.7 Å². The largest absolute Gasteiger partial charge is 0.522 e. The van der Waals surface area contributed by atoms with Crippen molar-refractivity contribution in [2.75, 3.05) is 26.7 Å². The molecule has 0 radical (unpaired) electrons. The Balaban J connectivity index is 1.64. The van der Waals surface area contributed by atoms with Gasteiger partial charge in [0, 0.05) is 10.9 Å². The summed E-state index contributed by atoms with van der Waals surface area (Å²) >= 11 is 6.35. The van der Waals surface area contributed by atoms with Gasteiger partial charge in [-0.05, 0) is 140 Å². The van der Waals surface area contributed by atoms with Gasteiger partial charge in [-0.15, -0.1) is 13.2 Å². The lowest BCUT2D eigenvalue weighted by Gasteiger charge is -2.39. The van der Waals surface area contributed by atoms with Crippen LogP contribution in [0.3, 0.4) is 0 Å². The smallest absolute Gasteiger partial charge is 0.459 e. The molecule has 1 aliphatic carbocycles. The van der Waals surface area contributed by atoms with Gasteiger partial charge in [0.15, 0.2) is 0 Å². The van der Waals surface area contributed by atoms with Crippen molar-refractivity contribution in [2.45, 2.75) is 114 Å². The van der Waals surface area contributed by atoms with Crippen molar-refractivity contribution in [1.29, 1.82) is 0 Å². The fourth-order valence-electron chi connectivity index (χ4n) is 7.16. The molecule has 4 rings (SSSR count). The molecule has 1 saturated heterocycles. The summed E-state index contributed by atoms with van der Waals surface area (Å²) in [5, 5.41) is 3.80. The number of carbonyl (C=O) groups is 1. The third-order valence-corrected chi connectivity index (χ3v) is 9.42. The molecule has 1 saturated carbocycles. The maximum absolute atomic E-state index is 16.6. The molecule has 0 bridgehead atoms. The van der Waals surface area contributed by atoms with E-state index in [0.717, 1.165) is 22.3 Å². The standard InChI is InChI=1S/C35H47ClF4N2O3/c1-23-8-6-11-28(30(23)24-12-14-27(15-13-24)44-35(38,39)40)31(32(43)45-33(2,3)4)42(5)21-16-29(25-9-7-10-26(36)22-25)34(37)17-19-41-20-18-34/h6-11,22,24,27,29,31,41H,12-21H2,1-5H3. The molecule has 1 heterocycles. The van der Waals surface area contributed by atoms with Crippen molar-refractivity contribution >= 4 is 17.6 Å². The first-order valence-electron chi connectivity index (χ1n) is 16.0. The number of alkyl halides is 4. The number of hydrogen-bond acceptors (Lipinski definition) is 5. The summed E-state index contributed by atoms with van der Waals surface area (Å²) in [5.74, 6) is -0.876. The molecule has 2 aromatic carbocycles. The Morgan fingerprint density at radius 3 is 2.31 bits per heavy atom. The number of hydrogen-bond donors (Lipinski definition) is 1. The molecular weight excluding hydrogens is 608 g/mol. The summed E-state index contributed by atoms with van der Waals surface area (Å²) in [5.41, 5.74) is 1.39. The van der Waals surface area contributed by atoms with Gasteiger partial charge in [-0.3, -0.25) is 9.64 Å². The van der Waals surface area contributed by atoms with E-state index >= 15 is 4.39 Å². The Morgan fingerprint density at radius 2 is 1.71 bits per heavy atom. The number of nitrogens with one attached hydrogen (secondary N) is 1. The van der Waals surface area contributed by atoms with Gasteiger partial charge in [-0.2, -0.15) is 0 Å². The van der Waals surface area contributed by atoms with Crippen LogP contribution in [0.4, 0.5) is 17.6 Å². The van der Waals surface area contributed by atoms with Crippen LogP contribution in [0.25, 0.3) is 0 Å². The van der Waals surface area contributed by atoms with Crippen LogP contribution in [-0.2, 0) is 14.3 Å². The highest BCUT2D eigenvalue weighted by Crippen LogP contribution is 2.44. The molecule has 2 unspecified atom stereocenters. The quantitative estimate of drug-likeness (QED) is 0.205. The molecule has 1 aliphatic heterocycles. The highest BCUT2D eigenvalue weighted by molar-refractivity contribution is 6.30. The minimum Gasteiger partial charge on any atom is -0.459 e. The molecule has 0 aromatic heterocycles. The number of halogens is 5. The van der Waals surface area contributed by atoms with E-state index in [0.29, 0.717) is 56.8 Å². The van der Waals surface area contributed by atoms with E-state index in [1.165, 1.54) is 0 Å². The second-order valence-electron chi connectivity index (χ2n) is 13.7. The van der Waals surface area contributed by atoms with Gasteiger partial charge >= 0.3 is 12.3 Å². The maximum Gasteiger partial charge on any atom is 0.522 e. The normalized spacial score (nSPS) is 22.2. The van der Waals surface area contributed by atoms with Gasteiger partial charge in [-0.25, -0.2) is 9.18 Å². The van der Waals surface area contributed by atoms with E-state index in [-0.39, 0.29) is 18.8 Å². The van der Waals surface area contributed by atoms with Crippen LogP contribution in [0.15, 0.2) is 42.5 Å². The highest BCUT2D eigenvalue weighted by Gasteiger charge is 2.42. The average Bonchev–Trinajstić information content (AvgIpc) is 2.92. The zero-order valence-corrected chi connectivity index (χ0v) is 27.7. The van der Waals surface area contributed by atoms with Gasteiger partial charge < -0.3 is 10.1 Å². The molecule has 2 fully saturated rings. The third kappa shape index (κ3) is 9.66. The van der Waals surface area contributed by atoms with Crippen molar-refractivity contribution in [3.63, 3.8) is 0 Å². The van der Waals surface area contributed by atoms with Crippen molar-refractivity contribution in [2.24, 2.45) is 0 Å². The van der Waals surface area contributed by atoms with E-state index in [1.807, 2.05) is 76.0 Å². The highest BCUT2D eigenvalue weighted by atomic mass is 35.5. The summed E-state index contributed by atoms with van der Waals surface area (Å²) in [6.45, 7) is 9.02. The SMILES string of the molecule is Cc1cccc(C(C(=O)OC(C)(C)C)N(C)CCC(c2cccc(Cl)c2)C2(F)CCNCC2)c1C1CCC(OC(F)(F)F)CC1. The number of carbonyl (C=O) groups excluding carboxylic acids is 1. The van der Waals surface area contributed by atoms with Crippen LogP contribution in [0.2, 0.25) is 5.02 Å². The summed E-state index contributed by atoms with van der Waals surface area (Å²) in [7, 11) is 1.86. The number of aryl methyl sites for hydroxylation is 1. The second-order valence-corrected chi connectivity index (χ2v) is 14.1. The molecule has 0 spiro atoms. The lowest BCUT2D eigenvalue weighted by atomic mass is 9.75. The van der Waals surface area contributed by atoms with Gasteiger partial charge in [0.25, 0.3) is 0 Å². The molecule has 2 aromatic rings. The summed E-state index contributed by atoms with van der Waals surface area (Å²) in [6.07, 6.45) is -2.74. The van der Waals surface area contributed by atoms with Crippen LogP contribution in [0.5, 0.6) is 0 Å². The van der Waals surface area contributed by atoms with E-state index in [9.17, 15) is 18.0 Å². The summed E-state index contributed by atoms with van der Waals surface area (Å²) in [4.78, 5) is 15.9. The maximum atomic E-state index is 16.6. The number of ether oxygens (including phenoxy) is 2. The van der Waals surface area contributed by atoms with Crippen molar-refractivity contribution in [3.8, 4) is 0 Å². The molecule has 0 amide bonds. The van der Waals surface area contributed by atoms with E-state index in [1.54, 1.807) is 6.07 Å². The zero-order chi connectivity index (χ0) is 33.0. The van der Waals surface area contributed by atoms with Crippen LogP contribution in [-0.4, -0.2) is 61.3 Å². The molecule has 10 heteroatoms. The minimum absolute atomic E-state index is 0.0318. The number of piperidine rings is 1. The molecule has 5 nitrogen and oxygen atoms in total. The summed E-state index contributed by atoms with van der Waals surface area (Å²) in [6, 6.07) is 12.4. The van der Waals surface area contributed by atoms with E-state index in [4.69, 9.17) is 16.3 Å². The van der Waals surface area contributed by atoms with Crippen molar-refractivity contribution < 1.29 is 31.8 Å². The Labute approximate surface area is 270 Å². The fourth-order valence-corrected chi connectivity index (χ4v) is 7.36. The number of nitrogens with zero attached hydrogens (tertiary/aromatic N) is 1. The first kappa shape index (κ1) is 35.7. The molecule has 45 heavy (non-hydrogen) atoms. The van der Waals surface area contributed by atoms with Gasteiger partial charge in [0.1, 0.15) is 17.3 Å². The molecule has 250 valence electrons. The van der Waals surface area contributed by atoms with Crippen LogP contribution >= 0.6 is 11.6 Å². The fraction of sp³-hybridized carbons (Fsp3) is 0.629. The monoisotopic (exact) mass is 654 g/mol. The lowest BCUT2D eigenvalue weighted by molar-refractivity contribution is -0.345. The van der Waals surface area contributed by atoms with E-state index in [2.05, 4.69) is 10.1 Å². The van der Waals surface area contributed by atoms with Gasteiger partial charge in [-0.1, -0.05) is 41.9 Å². The first-order valence-corrected chi connectivity index (χ1v) is 16.4. The van der Waals surface area contributed by atoms with Crippen LogP contribution < -0.4 is 5.32 Å². The zero-order valence-electron chi connectivity index (χ0n) is 27.0. The first-order chi connectivity index (χ1) is 21.1. The molecule has 1 N–H and O–H groups in total. The molecule has 2 aliphatic rings. The third-order valence-electron chi connectivity index (χ3n) is 9.19. The Bertz CT molecular complexity index is 1280. The second kappa shape index (κ2) is 14.7. The predicted molar refractivity (Wildman–Crippen MR) is 169 cm³/mol. The van der Waals surface area contributed by atoms with Crippen LogP contribution in [0, 0.1) is 6.92 Å². The van der Waals surface area contributed by atoms with Crippen molar-refractivity contribution in [1.82, 2.24) is 10.2 Å². The predicted octanol–water partition coefficient (Wildman–Crippen LogP) is 8.79. The number of esters is 1. The number of rotatable bonds is 10. The summed E-state index contributed by atoms with van der Waals surface area (Å²) < 4.78 is 65.6. The van der Waals surface area contributed by atoms with Crippen molar-refractivity contribution in [3.05, 3.63) is 69.7 Å². The average molecular weight is 655 g/mol. The van der Waals surface area contributed by atoms with Gasteiger partial charge in [0.05, 0.1) is 6.10 Å². The topological polar surface area (TPSA) is 50.8 Å². The lowest BCUT2D eigenvalue weighted by Crippen LogP contribution is -2.44. The number of likely N-dealkylation sites (N-methyl/N-ethyl adjacent to an activating group) is 1. The Hall–Kier alpha value is -2.20. The van der Waals surface area contributed by atoms with Crippen LogP contribution in [0.1, 0.15) is 106 Å². The Kier molecular flexibility index (Phi) is 11.6. The Morgan fingerprint density at radius 1 is 1.07 bits per heavy atom. The molecular formula is C35H47ClF4N2O3. The number of benzene rings is 2.